The summed E-state index contributed by atoms with van der Waals surface area (Å²) in [6.07, 6.45) is 0. The van der Waals surface area contributed by atoms with Crippen molar-refractivity contribution in [3.05, 3.63) is 39.4 Å². The summed E-state index contributed by atoms with van der Waals surface area (Å²) in [5, 5.41) is 3.73. The molecule has 0 unspecified atom stereocenters. The molecule has 0 fully saturated rings. The van der Waals surface area contributed by atoms with Crippen molar-refractivity contribution in [1.82, 2.24) is 10.3 Å². The summed E-state index contributed by atoms with van der Waals surface area (Å²) in [5.41, 5.74) is 8.05. The third-order valence-electron chi connectivity index (χ3n) is 2.39. The molecule has 0 spiro atoms. The lowest BCUT2D eigenvalue weighted by molar-refractivity contribution is 0.0951. The number of hydrogen-bond donors (Lipinski definition) is 2. The minimum Gasteiger partial charge on any atom is -0.349 e. The van der Waals surface area contributed by atoms with Crippen molar-refractivity contribution in [2.24, 2.45) is 5.73 Å². The number of carbonyl (C=O) groups is 1. The van der Waals surface area contributed by atoms with E-state index in [-0.39, 0.29) is 5.91 Å². The Hall–Kier alpha value is -1.14. The molecule has 0 bridgehead atoms. The van der Waals surface area contributed by atoms with Crippen molar-refractivity contribution in [2.45, 2.75) is 0 Å². The van der Waals surface area contributed by atoms with Crippen molar-refractivity contribution in [1.29, 1.82) is 0 Å². The minimum absolute atomic E-state index is 0.257. The zero-order valence-electron chi connectivity index (χ0n) is 9.82. The van der Waals surface area contributed by atoms with Crippen molar-refractivity contribution in [3.8, 4) is 10.4 Å². The summed E-state index contributed by atoms with van der Waals surface area (Å²) in [5.74, 6) is -0.257. The molecule has 0 saturated carbocycles. The molecule has 1 aromatic carbocycles. The summed E-state index contributed by atoms with van der Waals surface area (Å²) in [6.45, 7) is 0.789. The average molecular weight is 316 g/mol. The van der Waals surface area contributed by atoms with Crippen LogP contribution in [-0.4, -0.2) is 24.0 Å². The highest BCUT2D eigenvalue weighted by Gasteiger charge is 2.17. The van der Waals surface area contributed by atoms with E-state index in [0.717, 1.165) is 10.4 Å². The molecular formula is C12H11Cl2N3OS. The van der Waals surface area contributed by atoms with Gasteiger partial charge in [0, 0.05) is 23.7 Å². The second-order valence-electron chi connectivity index (χ2n) is 3.70. The van der Waals surface area contributed by atoms with Crippen LogP contribution >= 0.6 is 34.5 Å². The highest BCUT2D eigenvalue weighted by Crippen LogP contribution is 2.34. The fraction of sp³-hybridized carbons (Fsp3) is 0.167. The Morgan fingerprint density at radius 2 is 2.21 bits per heavy atom. The molecule has 1 amide bonds. The number of amides is 1. The fourth-order valence-electron chi connectivity index (χ4n) is 1.54. The molecule has 0 atom stereocenters. The summed E-state index contributed by atoms with van der Waals surface area (Å²) >= 11 is 13.4. The largest absolute Gasteiger partial charge is 0.349 e. The number of nitrogens with zero attached hydrogens (tertiary/aromatic N) is 1. The summed E-state index contributed by atoms with van der Waals surface area (Å²) in [7, 11) is 0. The first-order valence-electron chi connectivity index (χ1n) is 5.50. The van der Waals surface area contributed by atoms with Crippen LogP contribution in [0.2, 0.25) is 10.0 Å². The van der Waals surface area contributed by atoms with Gasteiger partial charge in [-0.1, -0.05) is 29.3 Å². The molecule has 0 aliphatic carbocycles. The first-order valence-corrected chi connectivity index (χ1v) is 7.14. The van der Waals surface area contributed by atoms with Crippen LogP contribution in [0.1, 0.15) is 10.5 Å². The average Bonchev–Trinajstić information content (AvgIpc) is 2.85. The van der Waals surface area contributed by atoms with Crippen molar-refractivity contribution >= 4 is 40.4 Å². The van der Waals surface area contributed by atoms with E-state index in [2.05, 4.69) is 10.3 Å². The van der Waals surface area contributed by atoms with Gasteiger partial charge in [0.1, 0.15) is 5.69 Å². The first-order chi connectivity index (χ1) is 9.13. The highest BCUT2D eigenvalue weighted by molar-refractivity contribution is 7.13. The molecule has 4 nitrogen and oxygen atoms in total. The van der Waals surface area contributed by atoms with E-state index in [0.29, 0.717) is 28.8 Å². The maximum atomic E-state index is 11.9. The molecule has 19 heavy (non-hydrogen) atoms. The quantitative estimate of drug-likeness (QED) is 0.911. The van der Waals surface area contributed by atoms with Gasteiger partial charge in [-0.05, 0) is 12.1 Å². The lowest BCUT2D eigenvalue weighted by Crippen LogP contribution is -2.29. The van der Waals surface area contributed by atoms with E-state index in [9.17, 15) is 4.79 Å². The van der Waals surface area contributed by atoms with E-state index in [1.165, 1.54) is 11.3 Å². The molecular weight excluding hydrogens is 305 g/mol. The van der Waals surface area contributed by atoms with Crippen molar-refractivity contribution in [2.75, 3.05) is 13.1 Å². The topological polar surface area (TPSA) is 68.0 Å². The summed E-state index contributed by atoms with van der Waals surface area (Å²) in [4.78, 5) is 16.7. The molecule has 3 N–H and O–H groups in total. The standard InChI is InChI=1S/C12H11Cl2N3OS/c13-7-1-2-8(9(14)5-7)11-10(17-6-19-11)12(18)16-4-3-15/h1-2,5-6H,3-4,15H2,(H,16,18). The Balaban J connectivity index is 2.36. The number of halogens is 2. The van der Waals surface area contributed by atoms with E-state index in [1.807, 2.05) is 0 Å². The second-order valence-corrected chi connectivity index (χ2v) is 5.40. The molecule has 0 radical (unpaired) electrons. The number of carbonyl (C=O) groups excluding carboxylic acids is 1. The Labute approximate surface area is 124 Å². The van der Waals surface area contributed by atoms with Crippen molar-refractivity contribution < 1.29 is 4.79 Å². The van der Waals surface area contributed by atoms with Gasteiger partial charge in [-0.2, -0.15) is 0 Å². The SMILES string of the molecule is NCCNC(=O)c1ncsc1-c1ccc(Cl)cc1Cl. The predicted molar refractivity (Wildman–Crippen MR) is 79.0 cm³/mol. The number of rotatable bonds is 4. The monoisotopic (exact) mass is 315 g/mol. The van der Waals surface area contributed by atoms with Crippen LogP contribution in [0.15, 0.2) is 23.7 Å². The van der Waals surface area contributed by atoms with Gasteiger partial charge in [-0.3, -0.25) is 4.79 Å². The van der Waals surface area contributed by atoms with Gasteiger partial charge in [-0.15, -0.1) is 11.3 Å². The lowest BCUT2D eigenvalue weighted by atomic mass is 10.1. The number of nitrogens with two attached hydrogens (primary N) is 1. The molecule has 2 aromatic rings. The number of nitrogens with one attached hydrogen (secondary N) is 1. The van der Waals surface area contributed by atoms with Gasteiger partial charge in [0.05, 0.1) is 15.4 Å². The number of thiazole rings is 1. The van der Waals surface area contributed by atoms with Gasteiger partial charge in [0.25, 0.3) is 5.91 Å². The predicted octanol–water partition coefficient (Wildman–Crippen LogP) is 2.81. The zero-order chi connectivity index (χ0) is 13.8. The van der Waals surface area contributed by atoms with Crippen LogP contribution in [0, 0.1) is 0 Å². The summed E-state index contributed by atoms with van der Waals surface area (Å²) in [6, 6.07) is 5.14. The van der Waals surface area contributed by atoms with Crippen LogP contribution in [0.4, 0.5) is 0 Å². The number of hydrogen-bond acceptors (Lipinski definition) is 4. The van der Waals surface area contributed by atoms with Gasteiger partial charge in [0.2, 0.25) is 0 Å². The zero-order valence-corrected chi connectivity index (χ0v) is 12.1. The Bertz CT molecular complexity index is 600. The number of benzene rings is 1. The fourth-order valence-corrected chi connectivity index (χ4v) is 2.93. The lowest BCUT2D eigenvalue weighted by Gasteiger charge is -2.06. The third kappa shape index (κ3) is 3.25. The minimum atomic E-state index is -0.257. The van der Waals surface area contributed by atoms with E-state index < -0.39 is 0 Å². The Kier molecular flexibility index (Phi) is 4.76. The highest BCUT2D eigenvalue weighted by atomic mass is 35.5. The molecule has 7 heteroatoms. The van der Waals surface area contributed by atoms with Crippen LogP contribution in [-0.2, 0) is 0 Å². The Morgan fingerprint density at radius 1 is 1.42 bits per heavy atom. The second kappa shape index (κ2) is 6.34. The molecule has 0 saturated heterocycles. The normalized spacial score (nSPS) is 10.5. The van der Waals surface area contributed by atoms with Crippen LogP contribution in [0.25, 0.3) is 10.4 Å². The van der Waals surface area contributed by atoms with Crippen molar-refractivity contribution in [3.63, 3.8) is 0 Å². The van der Waals surface area contributed by atoms with Gasteiger partial charge in [-0.25, -0.2) is 4.98 Å². The molecule has 0 aliphatic heterocycles. The number of aromatic nitrogens is 1. The van der Waals surface area contributed by atoms with Gasteiger partial charge < -0.3 is 11.1 Å². The summed E-state index contributed by atoms with van der Waals surface area (Å²) < 4.78 is 0. The van der Waals surface area contributed by atoms with E-state index in [1.54, 1.807) is 23.7 Å². The van der Waals surface area contributed by atoms with Crippen LogP contribution in [0.3, 0.4) is 0 Å². The first kappa shape index (κ1) is 14.3. The van der Waals surface area contributed by atoms with E-state index in [4.69, 9.17) is 28.9 Å². The van der Waals surface area contributed by atoms with Gasteiger partial charge in [0.15, 0.2) is 0 Å². The smallest absolute Gasteiger partial charge is 0.271 e. The molecule has 100 valence electrons. The maximum Gasteiger partial charge on any atom is 0.271 e. The maximum absolute atomic E-state index is 11.9. The van der Waals surface area contributed by atoms with E-state index >= 15 is 0 Å². The third-order valence-corrected chi connectivity index (χ3v) is 3.80. The van der Waals surface area contributed by atoms with Gasteiger partial charge >= 0.3 is 0 Å². The molecule has 1 aromatic heterocycles. The van der Waals surface area contributed by atoms with Crippen LogP contribution < -0.4 is 11.1 Å². The Morgan fingerprint density at radius 3 is 2.89 bits per heavy atom. The molecule has 0 aliphatic rings. The molecule has 1 heterocycles. The van der Waals surface area contributed by atoms with Crippen LogP contribution in [0.5, 0.6) is 0 Å². The molecule has 2 rings (SSSR count).